The second-order valence-electron chi connectivity index (χ2n) is 5.00. The van der Waals surface area contributed by atoms with Crippen LogP contribution in [0.2, 0.25) is 0 Å². The molecular weight excluding hydrogens is 254 g/mol. The van der Waals surface area contributed by atoms with Gasteiger partial charge in [0.25, 0.3) is 0 Å². The van der Waals surface area contributed by atoms with Crippen LogP contribution in [0.5, 0.6) is 11.5 Å². The molecule has 2 rings (SSSR count). The van der Waals surface area contributed by atoms with Crippen molar-refractivity contribution in [1.29, 1.82) is 0 Å². The lowest BCUT2D eigenvalue weighted by molar-refractivity contribution is 0.311. The molecule has 20 heavy (non-hydrogen) atoms. The average molecular weight is 275 g/mol. The number of ether oxygens (including phenoxy) is 2. The lowest BCUT2D eigenvalue weighted by Gasteiger charge is -2.09. The molecule has 5 heteroatoms. The highest BCUT2D eigenvalue weighted by molar-refractivity contribution is 5.60. The molecule has 0 spiro atoms. The highest BCUT2D eigenvalue weighted by atomic mass is 16.5. The zero-order chi connectivity index (χ0) is 14.5. The van der Waals surface area contributed by atoms with Crippen LogP contribution in [0.4, 0.5) is 0 Å². The number of aromatic amines is 1. The Balaban J connectivity index is 2.28. The van der Waals surface area contributed by atoms with Gasteiger partial charge in [-0.1, -0.05) is 13.8 Å². The number of rotatable bonds is 6. The first-order chi connectivity index (χ1) is 9.63. The van der Waals surface area contributed by atoms with Gasteiger partial charge in [-0.2, -0.15) is 5.10 Å². The van der Waals surface area contributed by atoms with Crippen molar-refractivity contribution in [3.05, 3.63) is 24.0 Å². The summed E-state index contributed by atoms with van der Waals surface area (Å²) in [4.78, 5) is 4.51. The van der Waals surface area contributed by atoms with E-state index in [0.717, 1.165) is 17.8 Å². The fourth-order valence-electron chi connectivity index (χ4n) is 1.99. The standard InChI is InChI=1S/C15H21N3O2/c1-5-20-13-9-11(6-7-12(13)19-4)15-16-14(17-18-15)8-10(2)3/h6-7,9-10H,5,8H2,1-4H3,(H,16,17,18). The largest absolute Gasteiger partial charge is 0.493 e. The topological polar surface area (TPSA) is 60.0 Å². The SMILES string of the molecule is CCOc1cc(-c2n[nH]c(CC(C)C)n2)ccc1OC. The Morgan fingerprint density at radius 2 is 2.05 bits per heavy atom. The molecule has 0 atom stereocenters. The molecule has 2 aromatic rings. The summed E-state index contributed by atoms with van der Waals surface area (Å²) in [5.41, 5.74) is 0.917. The maximum Gasteiger partial charge on any atom is 0.181 e. The number of H-pyrrole nitrogens is 1. The number of methoxy groups -OCH3 is 1. The molecule has 0 bridgehead atoms. The quantitative estimate of drug-likeness (QED) is 0.880. The smallest absolute Gasteiger partial charge is 0.181 e. The summed E-state index contributed by atoms with van der Waals surface area (Å²) in [5, 5.41) is 7.25. The fourth-order valence-corrected chi connectivity index (χ4v) is 1.99. The van der Waals surface area contributed by atoms with Crippen molar-refractivity contribution in [2.45, 2.75) is 27.2 Å². The Bertz CT molecular complexity index is 564. The summed E-state index contributed by atoms with van der Waals surface area (Å²) in [6.07, 6.45) is 0.890. The van der Waals surface area contributed by atoms with E-state index in [-0.39, 0.29) is 0 Å². The van der Waals surface area contributed by atoms with Crippen LogP contribution >= 0.6 is 0 Å². The van der Waals surface area contributed by atoms with Crippen molar-refractivity contribution in [3.63, 3.8) is 0 Å². The van der Waals surface area contributed by atoms with E-state index in [1.807, 2.05) is 25.1 Å². The van der Waals surface area contributed by atoms with Crippen LogP contribution in [0.25, 0.3) is 11.4 Å². The molecule has 1 heterocycles. The summed E-state index contributed by atoms with van der Waals surface area (Å²) in [6, 6.07) is 5.72. The molecule has 0 fully saturated rings. The van der Waals surface area contributed by atoms with Gasteiger partial charge in [0, 0.05) is 12.0 Å². The summed E-state index contributed by atoms with van der Waals surface area (Å²) < 4.78 is 10.8. The van der Waals surface area contributed by atoms with Gasteiger partial charge in [0.05, 0.1) is 13.7 Å². The molecule has 0 radical (unpaired) electrons. The van der Waals surface area contributed by atoms with Gasteiger partial charge in [0.15, 0.2) is 17.3 Å². The van der Waals surface area contributed by atoms with E-state index in [4.69, 9.17) is 9.47 Å². The molecular formula is C15H21N3O2. The Kier molecular flexibility index (Phi) is 4.61. The summed E-state index contributed by atoms with van der Waals surface area (Å²) >= 11 is 0. The van der Waals surface area contributed by atoms with Crippen LogP contribution in [0.3, 0.4) is 0 Å². The zero-order valence-electron chi connectivity index (χ0n) is 12.4. The Morgan fingerprint density at radius 1 is 1.25 bits per heavy atom. The highest BCUT2D eigenvalue weighted by Crippen LogP contribution is 2.31. The lowest BCUT2D eigenvalue weighted by atomic mass is 10.1. The molecule has 5 nitrogen and oxygen atoms in total. The highest BCUT2D eigenvalue weighted by Gasteiger charge is 2.11. The number of hydrogen-bond donors (Lipinski definition) is 1. The van der Waals surface area contributed by atoms with Crippen LogP contribution in [-0.4, -0.2) is 28.9 Å². The van der Waals surface area contributed by atoms with E-state index in [1.165, 1.54) is 0 Å². The Labute approximate surface area is 119 Å². The Hall–Kier alpha value is -2.04. The molecule has 1 N–H and O–H groups in total. The monoisotopic (exact) mass is 275 g/mol. The van der Waals surface area contributed by atoms with Gasteiger partial charge in [-0.15, -0.1) is 0 Å². The maximum atomic E-state index is 5.57. The second kappa shape index (κ2) is 6.41. The van der Waals surface area contributed by atoms with Crippen molar-refractivity contribution < 1.29 is 9.47 Å². The van der Waals surface area contributed by atoms with E-state index in [9.17, 15) is 0 Å². The number of nitrogens with zero attached hydrogens (tertiary/aromatic N) is 2. The first-order valence-electron chi connectivity index (χ1n) is 6.86. The second-order valence-corrected chi connectivity index (χ2v) is 5.00. The fraction of sp³-hybridized carbons (Fsp3) is 0.467. The lowest BCUT2D eigenvalue weighted by Crippen LogP contribution is -1.96. The molecule has 0 saturated heterocycles. The van der Waals surface area contributed by atoms with E-state index < -0.39 is 0 Å². The minimum atomic E-state index is 0.547. The molecule has 1 aromatic heterocycles. The third-order valence-electron chi connectivity index (χ3n) is 2.85. The van der Waals surface area contributed by atoms with E-state index in [0.29, 0.717) is 29.8 Å². The first-order valence-corrected chi connectivity index (χ1v) is 6.86. The molecule has 1 aromatic carbocycles. The van der Waals surface area contributed by atoms with Gasteiger partial charge >= 0.3 is 0 Å². The van der Waals surface area contributed by atoms with Gasteiger partial charge < -0.3 is 9.47 Å². The van der Waals surface area contributed by atoms with Gasteiger partial charge in [-0.05, 0) is 31.0 Å². The third-order valence-corrected chi connectivity index (χ3v) is 2.85. The minimum Gasteiger partial charge on any atom is -0.493 e. The van der Waals surface area contributed by atoms with Crippen LogP contribution in [0, 0.1) is 5.92 Å². The molecule has 0 aliphatic rings. The van der Waals surface area contributed by atoms with Crippen molar-refractivity contribution in [3.8, 4) is 22.9 Å². The molecule has 0 aliphatic carbocycles. The number of nitrogens with one attached hydrogen (secondary N) is 1. The zero-order valence-corrected chi connectivity index (χ0v) is 12.4. The van der Waals surface area contributed by atoms with E-state index in [1.54, 1.807) is 7.11 Å². The average Bonchev–Trinajstić information content (AvgIpc) is 2.86. The minimum absolute atomic E-state index is 0.547. The molecule has 0 aliphatic heterocycles. The first kappa shape index (κ1) is 14.4. The van der Waals surface area contributed by atoms with Crippen LogP contribution in [0.1, 0.15) is 26.6 Å². The molecule has 0 amide bonds. The van der Waals surface area contributed by atoms with Gasteiger partial charge in [0.1, 0.15) is 5.82 Å². The predicted molar refractivity (Wildman–Crippen MR) is 78.1 cm³/mol. The van der Waals surface area contributed by atoms with Crippen LogP contribution < -0.4 is 9.47 Å². The van der Waals surface area contributed by atoms with E-state index >= 15 is 0 Å². The van der Waals surface area contributed by atoms with Gasteiger partial charge in [0.2, 0.25) is 0 Å². The summed E-state index contributed by atoms with van der Waals surface area (Å²) in [6.45, 7) is 6.84. The van der Waals surface area contributed by atoms with Gasteiger partial charge in [-0.25, -0.2) is 4.98 Å². The van der Waals surface area contributed by atoms with Crippen molar-refractivity contribution in [2.75, 3.05) is 13.7 Å². The number of aromatic nitrogens is 3. The third kappa shape index (κ3) is 3.29. The summed E-state index contributed by atoms with van der Waals surface area (Å²) in [7, 11) is 1.63. The number of benzene rings is 1. The van der Waals surface area contributed by atoms with Crippen LogP contribution in [-0.2, 0) is 6.42 Å². The maximum absolute atomic E-state index is 5.57. The van der Waals surface area contributed by atoms with Crippen molar-refractivity contribution in [2.24, 2.45) is 5.92 Å². The van der Waals surface area contributed by atoms with Crippen molar-refractivity contribution >= 4 is 0 Å². The van der Waals surface area contributed by atoms with Crippen molar-refractivity contribution in [1.82, 2.24) is 15.2 Å². The molecule has 0 unspecified atom stereocenters. The normalized spacial score (nSPS) is 10.8. The molecule has 0 saturated carbocycles. The predicted octanol–water partition coefficient (Wildman–Crippen LogP) is 3.08. The summed E-state index contributed by atoms with van der Waals surface area (Å²) in [5.74, 6) is 3.56. The molecule has 108 valence electrons. The van der Waals surface area contributed by atoms with Gasteiger partial charge in [-0.3, -0.25) is 5.10 Å². The number of hydrogen-bond acceptors (Lipinski definition) is 4. The Morgan fingerprint density at radius 3 is 2.70 bits per heavy atom. The van der Waals surface area contributed by atoms with Crippen LogP contribution in [0.15, 0.2) is 18.2 Å². The van der Waals surface area contributed by atoms with E-state index in [2.05, 4.69) is 29.0 Å².